The maximum Gasteiger partial charge on any atom is 0.318 e. The second kappa shape index (κ2) is 9.46. The molecule has 33 heavy (non-hydrogen) atoms. The summed E-state index contributed by atoms with van der Waals surface area (Å²) in [6, 6.07) is 7.04. The minimum atomic E-state index is -0.949. The van der Waals surface area contributed by atoms with E-state index in [2.05, 4.69) is 30.8 Å². The number of nitrogens with one attached hydrogen (secondary N) is 2. The van der Waals surface area contributed by atoms with Crippen LogP contribution in [0.1, 0.15) is 5.56 Å². The molecule has 1 heterocycles. The predicted octanol–water partition coefficient (Wildman–Crippen LogP) is 2.79. The zero-order valence-electron chi connectivity index (χ0n) is 17.1. The van der Waals surface area contributed by atoms with Gasteiger partial charge in [0, 0.05) is 25.8 Å². The van der Waals surface area contributed by atoms with E-state index in [4.69, 9.17) is 0 Å². The van der Waals surface area contributed by atoms with Crippen LogP contribution in [-0.2, 0) is 0 Å². The maximum atomic E-state index is 13.1. The number of aromatic nitrogens is 3. The number of nitro benzene ring substituents is 2. The second-order valence-corrected chi connectivity index (χ2v) is 6.60. The summed E-state index contributed by atoms with van der Waals surface area (Å²) in [5.74, 6) is -0.909. The Morgan fingerprint density at radius 2 is 1.73 bits per heavy atom. The molecule has 0 aliphatic rings. The Hall–Kier alpha value is -4.95. The molecule has 1 aromatic heterocycles. The van der Waals surface area contributed by atoms with Crippen molar-refractivity contribution in [2.75, 3.05) is 29.7 Å². The molecule has 15 heteroatoms. The largest absolute Gasteiger partial charge is 0.502 e. The van der Waals surface area contributed by atoms with E-state index in [9.17, 15) is 29.7 Å². The highest BCUT2D eigenvalue weighted by Gasteiger charge is 2.23. The fourth-order valence-corrected chi connectivity index (χ4v) is 2.46. The SMILES string of the molecule is CN(C)c1nc(N/N=C/c2cc([N+](=O)[O-])cc([N+](=O)[O-])c2O)nc(Nc2ccc(F)cc2)n1. The van der Waals surface area contributed by atoms with Gasteiger partial charge >= 0.3 is 5.69 Å². The molecule has 0 aliphatic heterocycles. The molecule has 0 aliphatic carbocycles. The fourth-order valence-electron chi connectivity index (χ4n) is 2.46. The molecule has 0 atom stereocenters. The number of anilines is 4. The standard InChI is InChI=1S/C18H16FN9O5/c1-26(2)18-23-16(21-12-5-3-11(19)4-6-12)22-17(24-18)25-20-9-10-7-13(27(30)31)8-14(15(10)29)28(32)33/h3-9,29H,1-2H3,(H2,21,22,23,24,25)/b20-9+. The molecule has 0 saturated heterocycles. The van der Waals surface area contributed by atoms with Gasteiger partial charge in [0.1, 0.15) is 5.82 Å². The van der Waals surface area contributed by atoms with Crippen molar-refractivity contribution in [3.05, 3.63) is 68.0 Å². The van der Waals surface area contributed by atoms with Crippen molar-refractivity contribution in [3.8, 4) is 5.75 Å². The highest BCUT2D eigenvalue weighted by molar-refractivity contribution is 5.87. The third-order valence-corrected chi connectivity index (χ3v) is 4.00. The van der Waals surface area contributed by atoms with Gasteiger partial charge in [0.15, 0.2) is 0 Å². The van der Waals surface area contributed by atoms with E-state index < -0.39 is 32.8 Å². The van der Waals surface area contributed by atoms with Gasteiger partial charge in [-0.2, -0.15) is 20.1 Å². The topological polar surface area (TPSA) is 185 Å². The van der Waals surface area contributed by atoms with Crippen LogP contribution in [0.25, 0.3) is 0 Å². The zero-order valence-corrected chi connectivity index (χ0v) is 17.1. The third-order valence-electron chi connectivity index (χ3n) is 4.00. The summed E-state index contributed by atoms with van der Waals surface area (Å²) in [5.41, 5.74) is 1.28. The number of benzene rings is 2. The normalized spacial score (nSPS) is 10.8. The molecule has 3 N–H and O–H groups in total. The zero-order chi connectivity index (χ0) is 24.1. The monoisotopic (exact) mass is 457 g/mol. The molecule has 0 fully saturated rings. The van der Waals surface area contributed by atoms with Crippen molar-refractivity contribution in [1.82, 2.24) is 15.0 Å². The van der Waals surface area contributed by atoms with Crippen molar-refractivity contribution >= 4 is 41.1 Å². The van der Waals surface area contributed by atoms with E-state index in [1.165, 1.54) is 24.3 Å². The number of phenolic OH excluding ortho intramolecular Hbond substituents is 1. The summed E-state index contributed by atoms with van der Waals surface area (Å²) in [5, 5.41) is 38.8. The number of non-ortho nitro benzene ring substituents is 1. The van der Waals surface area contributed by atoms with Gasteiger partial charge in [-0.1, -0.05) is 0 Å². The minimum Gasteiger partial charge on any atom is -0.502 e. The van der Waals surface area contributed by atoms with E-state index in [0.717, 1.165) is 12.3 Å². The van der Waals surface area contributed by atoms with Gasteiger partial charge < -0.3 is 15.3 Å². The Bertz CT molecular complexity index is 1230. The van der Waals surface area contributed by atoms with E-state index in [1.807, 2.05) is 0 Å². The summed E-state index contributed by atoms with van der Waals surface area (Å²) in [6.45, 7) is 0. The van der Waals surface area contributed by atoms with Crippen molar-refractivity contribution in [1.29, 1.82) is 0 Å². The van der Waals surface area contributed by atoms with Crippen LogP contribution in [0.15, 0.2) is 41.5 Å². The molecule has 0 bridgehead atoms. The Labute approximate surface area is 184 Å². The van der Waals surface area contributed by atoms with Crippen LogP contribution < -0.4 is 15.6 Å². The van der Waals surface area contributed by atoms with E-state index in [-0.39, 0.29) is 23.4 Å². The molecular formula is C18H16FN9O5. The van der Waals surface area contributed by atoms with Gasteiger partial charge in [-0.15, -0.1) is 0 Å². The van der Waals surface area contributed by atoms with E-state index in [1.54, 1.807) is 19.0 Å². The summed E-state index contributed by atoms with van der Waals surface area (Å²) >= 11 is 0. The molecule has 0 unspecified atom stereocenters. The number of halogens is 1. The van der Waals surface area contributed by atoms with Crippen LogP contribution >= 0.6 is 0 Å². The number of hydrazone groups is 1. The molecule has 0 saturated carbocycles. The van der Waals surface area contributed by atoms with Gasteiger partial charge in [0.05, 0.1) is 27.7 Å². The smallest absolute Gasteiger partial charge is 0.318 e. The van der Waals surface area contributed by atoms with Crippen molar-refractivity contribution in [2.24, 2.45) is 5.10 Å². The van der Waals surface area contributed by atoms with Crippen LogP contribution in [0, 0.1) is 26.0 Å². The molecule has 14 nitrogen and oxygen atoms in total. The lowest BCUT2D eigenvalue weighted by atomic mass is 10.1. The molecule has 0 radical (unpaired) electrons. The summed E-state index contributed by atoms with van der Waals surface area (Å²) in [4.78, 5) is 34.3. The lowest BCUT2D eigenvalue weighted by molar-refractivity contribution is -0.394. The van der Waals surface area contributed by atoms with Crippen LogP contribution in [0.5, 0.6) is 5.75 Å². The molecule has 0 spiro atoms. The Kier molecular flexibility index (Phi) is 6.52. The minimum absolute atomic E-state index is 0.0472. The van der Waals surface area contributed by atoms with Gasteiger partial charge in [-0.25, -0.2) is 9.82 Å². The Balaban J connectivity index is 1.89. The number of phenols is 1. The molecule has 2 aromatic carbocycles. The molecule has 0 amide bonds. The van der Waals surface area contributed by atoms with Crippen LogP contribution in [0.3, 0.4) is 0 Å². The van der Waals surface area contributed by atoms with Gasteiger partial charge in [-0.05, 0) is 24.3 Å². The van der Waals surface area contributed by atoms with Crippen molar-refractivity contribution in [2.45, 2.75) is 0 Å². The van der Waals surface area contributed by atoms with Gasteiger partial charge in [-0.3, -0.25) is 20.2 Å². The molecular weight excluding hydrogens is 441 g/mol. The van der Waals surface area contributed by atoms with Crippen molar-refractivity contribution in [3.63, 3.8) is 0 Å². The Morgan fingerprint density at radius 1 is 1.06 bits per heavy atom. The highest BCUT2D eigenvalue weighted by Crippen LogP contribution is 2.33. The number of nitro groups is 2. The first kappa shape index (κ1) is 22.7. The molecule has 3 rings (SSSR count). The number of hydrogen-bond donors (Lipinski definition) is 3. The highest BCUT2D eigenvalue weighted by atomic mass is 19.1. The van der Waals surface area contributed by atoms with E-state index >= 15 is 0 Å². The average Bonchev–Trinajstić information content (AvgIpc) is 2.76. The summed E-state index contributed by atoms with van der Waals surface area (Å²) in [6.07, 6.45) is 0.946. The number of rotatable bonds is 8. The second-order valence-electron chi connectivity index (χ2n) is 6.60. The Morgan fingerprint density at radius 3 is 2.33 bits per heavy atom. The van der Waals surface area contributed by atoms with Crippen LogP contribution in [-0.4, -0.2) is 50.2 Å². The molecule has 170 valence electrons. The lowest BCUT2D eigenvalue weighted by Crippen LogP contribution is -2.15. The first-order valence-corrected chi connectivity index (χ1v) is 9.05. The average molecular weight is 457 g/mol. The lowest BCUT2D eigenvalue weighted by Gasteiger charge is -2.13. The van der Waals surface area contributed by atoms with E-state index in [0.29, 0.717) is 11.8 Å². The number of hydrogen-bond acceptors (Lipinski definition) is 12. The van der Waals surface area contributed by atoms with Gasteiger partial charge in [0.2, 0.25) is 23.6 Å². The van der Waals surface area contributed by atoms with Gasteiger partial charge in [0.25, 0.3) is 5.69 Å². The molecule has 3 aromatic rings. The van der Waals surface area contributed by atoms with Crippen molar-refractivity contribution < 1.29 is 19.3 Å². The number of aromatic hydroxyl groups is 1. The maximum absolute atomic E-state index is 13.1. The van der Waals surface area contributed by atoms with Crippen LogP contribution in [0.4, 0.5) is 39.3 Å². The first-order chi connectivity index (χ1) is 15.6. The predicted molar refractivity (Wildman–Crippen MR) is 116 cm³/mol. The summed E-state index contributed by atoms with van der Waals surface area (Å²) in [7, 11) is 3.37. The third kappa shape index (κ3) is 5.60. The quantitative estimate of drug-likeness (QED) is 0.256. The number of nitrogens with zero attached hydrogens (tertiary/aromatic N) is 7. The summed E-state index contributed by atoms with van der Waals surface area (Å²) < 4.78 is 13.1. The fraction of sp³-hybridized carbons (Fsp3) is 0.111. The van der Waals surface area contributed by atoms with Crippen LogP contribution in [0.2, 0.25) is 0 Å². The first-order valence-electron chi connectivity index (χ1n) is 9.05.